The van der Waals surface area contributed by atoms with Crippen molar-refractivity contribution in [2.75, 3.05) is 13.1 Å². The van der Waals surface area contributed by atoms with Crippen LogP contribution in [0.5, 0.6) is 0 Å². The van der Waals surface area contributed by atoms with E-state index >= 15 is 0 Å². The minimum absolute atomic E-state index is 0.0134. The number of azide groups is 1. The van der Waals surface area contributed by atoms with Crippen LogP contribution in [0.4, 0.5) is 0 Å². The van der Waals surface area contributed by atoms with Crippen LogP contribution >= 0.6 is 11.3 Å². The zero-order valence-electron chi connectivity index (χ0n) is 10.1. The van der Waals surface area contributed by atoms with Gasteiger partial charge in [0.2, 0.25) is 5.91 Å². The maximum absolute atomic E-state index is 12.1. The van der Waals surface area contributed by atoms with Gasteiger partial charge in [0.1, 0.15) is 0 Å². The second kappa shape index (κ2) is 6.42. The van der Waals surface area contributed by atoms with Crippen molar-refractivity contribution in [3.8, 4) is 0 Å². The number of thiophene rings is 1. The highest BCUT2D eigenvalue weighted by Gasteiger charge is 2.26. The lowest BCUT2D eigenvalue weighted by molar-refractivity contribution is -0.122. The van der Waals surface area contributed by atoms with E-state index in [1.807, 2.05) is 0 Å². The predicted molar refractivity (Wildman–Crippen MR) is 71.6 cm³/mol. The molecule has 0 aromatic carbocycles. The highest BCUT2D eigenvalue weighted by atomic mass is 32.1. The Morgan fingerprint density at radius 1 is 1.67 bits per heavy atom. The molecule has 0 aliphatic heterocycles. The third-order valence-electron chi connectivity index (χ3n) is 3.17. The molecule has 18 heavy (non-hydrogen) atoms. The van der Waals surface area contributed by atoms with Crippen molar-refractivity contribution in [1.29, 1.82) is 0 Å². The molecule has 0 saturated heterocycles. The van der Waals surface area contributed by atoms with E-state index in [9.17, 15) is 4.79 Å². The van der Waals surface area contributed by atoms with Crippen molar-refractivity contribution in [3.05, 3.63) is 32.3 Å². The van der Waals surface area contributed by atoms with E-state index in [-0.39, 0.29) is 11.8 Å². The summed E-state index contributed by atoms with van der Waals surface area (Å²) in [6.07, 6.45) is 3.82. The fraction of sp³-hybridized carbons (Fsp3) is 0.583. The van der Waals surface area contributed by atoms with Crippen LogP contribution in [0.3, 0.4) is 0 Å². The SMILES string of the molecule is [N-]=[N+]=NCCCNC(=O)C1CCCc2sccc21. The van der Waals surface area contributed by atoms with Gasteiger partial charge in [-0.3, -0.25) is 4.79 Å². The number of nitrogens with zero attached hydrogens (tertiary/aromatic N) is 3. The van der Waals surface area contributed by atoms with Crippen LogP contribution in [-0.4, -0.2) is 19.0 Å². The second-order valence-electron chi connectivity index (χ2n) is 4.34. The van der Waals surface area contributed by atoms with Gasteiger partial charge in [-0.1, -0.05) is 5.11 Å². The zero-order valence-corrected chi connectivity index (χ0v) is 10.9. The number of rotatable bonds is 5. The Morgan fingerprint density at radius 3 is 3.39 bits per heavy atom. The molecule has 0 spiro atoms. The number of nitrogens with one attached hydrogen (secondary N) is 1. The lowest BCUT2D eigenvalue weighted by atomic mass is 9.87. The molecule has 1 atom stereocenters. The average Bonchev–Trinajstić information content (AvgIpc) is 2.86. The van der Waals surface area contributed by atoms with Crippen LogP contribution in [0, 0.1) is 0 Å². The molecule has 0 saturated carbocycles. The molecule has 96 valence electrons. The van der Waals surface area contributed by atoms with E-state index in [0.717, 1.165) is 19.3 Å². The first-order chi connectivity index (χ1) is 8.83. The van der Waals surface area contributed by atoms with Gasteiger partial charge in [-0.05, 0) is 48.2 Å². The summed E-state index contributed by atoms with van der Waals surface area (Å²) >= 11 is 1.75. The minimum atomic E-state index is 0.0134. The Hall–Kier alpha value is -1.52. The molecule has 1 aromatic heterocycles. The zero-order chi connectivity index (χ0) is 12.8. The Morgan fingerprint density at radius 2 is 2.56 bits per heavy atom. The van der Waals surface area contributed by atoms with Crippen molar-refractivity contribution < 1.29 is 4.79 Å². The standard InChI is InChI=1S/C12H16N4OS/c13-16-15-7-2-6-14-12(17)10-3-1-4-11-9(10)5-8-18-11/h5,8,10H,1-4,6-7H2,(H,14,17). The summed E-state index contributed by atoms with van der Waals surface area (Å²) in [4.78, 5) is 16.1. The molecule has 0 radical (unpaired) electrons. The van der Waals surface area contributed by atoms with E-state index in [1.54, 1.807) is 11.3 Å². The smallest absolute Gasteiger partial charge is 0.227 e. The summed E-state index contributed by atoms with van der Waals surface area (Å²) in [6.45, 7) is 1.01. The highest BCUT2D eigenvalue weighted by Crippen LogP contribution is 2.34. The molecule has 0 bridgehead atoms. The van der Waals surface area contributed by atoms with Gasteiger partial charge in [-0.25, -0.2) is 0 Å². The van der Waals surface area contributed by atoms with E-state index in [1.165, 1.54) is 10.4 Å². The van der Waals surface area contributed by atoms with Crippen LogP contribution in [0.2, 0.25) is 0 Å². The molecule has 1 N–H and O–H groups in total. The average molecular weight is 264 g/mol. The molecule has 1 aliphatic carbocycles. The van der Waals surface area contributed by atoms with Gasteiger partial charge in [0.05, 0.1) is 5.92 Å². The quantitative estimate of drug-likeness (QED) is 0.377. The molecule has 0 fully saturated rings. The summed E-state index contributed by atoms with van der Waals surface area (Å²) in [5.41, 5.74) is 9.34. The first kappa shape index (κ1) is 12.9. The van der Waals surface area contributed by atoms with Crippen molar-refractivity contribution in [3.63, 3.8) is 0 Å². The maximum atomic E-state index is 12.1. The normalized spacial score (nSPS) is 17.7. The fourth-order valence-electron chi connectivity index (χ4n) is 2.29. The first-order valence-electron chi connectivity index (χ1n) is 6.17. The van der Waals surface area contributed by atoms with Gasteiger partial charge in [0, 0.05) is 22.9 Å². The Bertz CT molecular complexity index is 464. The monoisotopic (exact) mass is 264 g/mol. The molecule has 6 heteroatoms. The number of hydrogen-bond acceptors (Lipinski definition) is 3. The summed E-state index contributed by atoms with van der Waals surface area (Å²) in [7, 11) is 0. The van der Waals surface area contributed by atoms with Crippen LogP contribution < -0.4 is 5.32 Å². The third-order valence-corrected chi connectivity index (χ3v) is 4.16. The van der Waals surface area contributed by atoms with Gasteiger partial charge in [-0.15, -0.1) is 11.3 Å². The number of aryl methyl sites for hydroxylation is 1. The first-order valence-corrected chi connectivity index (χ1v) is 7.05. The molecule has 1 unspecified atom stereocenters. The molecular weight excluding hydrogens is 248 g/mol. The molecule has 1 aromatic rings. The summed E-state index contributed by atoms with van der Waals surface area (Å²) in [5, 5.41) is 8.43. The van der Waals surface area contributed by atoms with Crippen LogP contribution in [0.1, 0.15) is 35.6 Å². The van der Waals surface area contributed by atoms with Crippen molar-refractivity contribution in [2.45, 2.75) is 31.6 Å². The van der Waals surface area contributed by atoms with E-state index in [0.29, 0.717) is 19.5 Å². The van der Waals surface area contributed by atoms with Crippen molar-refractivity contribution in [1.82, 2.24) is 5.32 Å². The van der Waals surface area contributed by atoms with E-state index in [4.69, 9.17) is 5.53 Å². The van der Waals surface area contributed by atoms with Crippen molar-refractivity contribution in [2.24, 2.45) is 5.11 Å². The van der Waals surface area contributed by atoms with Gasteiger partial charge < -0.3 is 5.32 Å². The highest BCUT2D eigenvalue weighted by molar-refractivity contribution is 7.10. The maximum Gasteiger partial charge on any atom is 0.227 e. The predicted octanol–water partition coefficient (Wildman–Crippen LogP) is 2.98. The summed E-state index contributed by atoms with van der Waals surface area (Å²) in [5.74, 6) is 0.120. The molecular formula is C12H16N4OS. The fourth-order valence-corrected chi connectivity index (χ4v) is 3.28. The van der Waals surface area contributed by atoms with Gasteiger partial charge in [0.15, 0.2) is 0 Å². The van der Waals surface area contributed by atoms with Gasteiger partial charge in [0.25, 0.3) is 0 Å². The number of hydrogen-bond donors (Lipinski definition) is 1. The van der Waals surface area contributed by atoms with Crippen LogP contribution in [0.15, 0.2) is 16.6 Å². The Balaban J connectivity index is 1.85. The molecule has 1 heterocycles. The third kappa shape index (κ3) is 3.03. The van der Waals surface area contributed by atoms with Crippen molar-refractivity contribution >= 4 is 17.2 Å². The number of amides is 1. The van der Waals surface area contributed by atoms with Crippen LogP contribution in [0.25, 0.3) is 10.4 Å². The van der Waals surface area contributed by atoms with E-state index in [2.05, 4.69) is 26.8 Å². The number of carbonyl (C=O) groups excluding carboxylic acids is 1. The van der Waals surface area contributed by atoms with E-state index < -0.39 is 0 Å². The summed E-state index contributed by atoms with van der Waals surface area (Å²) in [6, 6.07) is 2.07. The molecule has 2 rings (SSSR count). The summed E-state index contributed by atoms with van der Waals surface area (Å²) < 4.78 is 0. The number of carbonyl (C=O) groups is 1. The largest absolute Gasteiger partial charge is 0.356 e. The van der Waals surface area contributed by atoms with Gasteiger partial charge in [-0.2, -0.15) is 0 Å². The lowest BCUT2D eigenvalue weighted by Crippen LogP contribution is -2.31. The number of fused-ring (bicyclic) bond motifs is 1. The Kier molecular flexibility index (Phi) is 4.61. The van der Waals surface area contributed by atoms with Gasteiger partial charge >= 0.3 is 0 Å². The minimum Gasteiger partial charge on any atom is -0.356 e. The molecule has 5 nitrogen and oxygen atoms in total. The van der Waals surface area contributed by atoms with Crippen LogP contribution in [-0.2, 0) is 11.2 Å². The molecule has 1 amide bonds. The lowest BCUT2D eigenvalue weighted by Gasteiger charge is -2.21. The Labute approximate surface area is 110 Å². The molecule has 1 aliphatic rings. The topological polar surface area (TPSA) is 77.9 Å². The second-order valence-corrected chi connectivity index (χ2v) is 5.34.